The lowest BCUT2D eigenvalue weighted by Crippen LogP contribution is -2.43. The van der Waals surface area contributed by atoms with Crippen molar-refractivity contribution in [2.45, 2.75) is 43.8 Å². The number of amides is 2. The van der Waals surface area contributed by atoms with Crippen LogP contribution in [-0.2, 0) is 37.2 Å². The summed E-state index contributed by atoms with van der Waals surface area (Å²) in [7, 11) is -17.0. The molecule has 2 rings (SSSR count). The minimum Gasteiger partial charge on any atom is -0.387 e. The summed E-state index contributed by atoms with van der Waals surface area (Å²) in [6, 6.07) is 3.27. The molecule has 0 aliphatic carbocycles. The zero-order chi connectivity index (χ0) is 29.8. The van der Waals surface area contributed by atoms with E-state index in [9.17, 15) is 43.8 Å². The standard InChI is InChI=1S/C16H25N6O14P3/c1-8(2)20-15(25)22-14(19-7-18)9-3-4-11(21-9)16(6-17)13(24)12(23)10(34-16)5-33-38(29,30)36-39(31,32)35-37(26,27)28/h3-4,7-8,10,12-13,21,23-24H,5H2,1-2H3,(H,29,30)(H,31,32)(H2,26,27,28)(H3,18,19,20,22,25)/t10-,12-,13-,16+/m1/s1. The van der Waals surface area contributed by atoms with Crippen LogP contribution in [-0.4, -0.2) is 83.9 Å². The number of phosphoric ester groups is 1. The van der Waals surface area contributed by atoms with Gasteiger partial charge in [-0.15, -0.1) is 0 Å². The number of aliphatic hydroxyl groups excluding tert-OH is 2. The van der Waals surface area contributed by atoms with Gasteiger partial charge in [0.05, 0.1) is 18.0 Å². The molecule has 2 amide bonds. The number of rotatable bonds is 11. The quantitative estimate of drug-likeness (QED) is 0.0829. The van der Waals surface area contributed by atoms with Crippen LogP contribution in [0.4, 0.5) is 4.79 Å². The van der Waals surface area contributed by atoms with Crippen LogP contribution in [0, 0.1) is 16.7 Å². The van der Waals surface area contributed by atoms with E-state index in [1.165, 1.54) is 12.1 Å². The molecule has 2 unspecified atom stereocenters. The fourth-order valence-electron chi connectivity index (χ4n) is 3.19. The lowest BCUT2D eigenvalue weighted by Gasteiger charge is -2.23. The molecular formula is C16H25N6O14P3. The number of aromatic amines is 1. The van der Waals surface area contributed by atoms with Crippen LogP contribution in [0.5, 0.6) is 0 Å². The molecule has 1 saturated heterocycles. The van der Waals surface area contributed by atoms with E-state index in [0.717, 1.165) is 0 Å². The van der Waals surface area contributed by atoms with Crippen molar-refractivity contribution < 1.29 is 66.2 Å². The van der Waals surface area contributed by atoms with E-state index in [2.05, 4.69) is 33.8 Å². The van der Waals surface area contributed by atoms with Crippen LogP contribution < -0.4 is 10.6 Å². The average Bonchev–Trinajstić information content (AvgIpc) is 3.34. The average molecular weight is 618 g/mol. The first-order chi connectivity index (χ1) is 17.8. The number of nitrogens with zero attached hydrogens (tertiary/aromatic N) is 2. The number of H-pyrrole nitrogens is 1. The highest BCUT2D eigenvalue weighted by atomic mass is 31.3. The van der Waals surface area contributed by atoms with Crippen molar-refractivity contribution in [2.24, 2.45) is 4.99 Å². The van der Waals surface area contributed by atoms with E-state index in [1.807, 2.05) is 0 Å². The zero-order valence-corrected chi connectivity index (χ0v) is 22.6. The van der Waals surface area contributed by atoms with Crippen LogP contribution in [0.15, 0.2) is 17.1 Å². The summed E-state index contributed by atoms with van der Waals surface area (Å²) in [5, 5.41) is 42.9. The maximum Gasteiger partial charge on any atom is 0.490 e. The molecule has 2 heterocycles. The first kappa shape index (κ1) is 32.9. The Hall–Kier alpha value is -2.33. The summed E-state index contributed by atoms with van der Waals surface area (Å²) in [6.07, 6.45) is -5.08. The number of phosphoric acid groups is 3. The van der Waals surface area contributed by atoms with E-state index in [0.29, 0.717) is 6.34 Å². The number of nitriles is 1. The minimum atomic E-state index is -5.81. The van der Waals surface area contributed by atoms with Crippen LogP contribution in [0.1, 0.15) is 25.2 Å². The van der Waals surface area contributed by atoms with Gasteiger partial charge in [0.1, 0.15) is 30.7 Å². The van der Waals surface area contributed by atoms with Gasteiger partial charge in [-0.2, -0.15) is 13.9 Å². The highest BCUT2D eigenvalue weighted by Crippen LogP contribution is 2.66. The SMILES string of the molecule is CC(C)NC(=O)NC(=NC=N)c1ccc([C@]2(C#N)O[C@H](COP(=O)(O)OP(=O)(O)OP(=O)(O)O)[C@@H](O)[C@H]2O)[nH]1. The molecule has 0 spiro atoms. The molecule has 0 radical (unpaired) electrons. The van der Waals surface area contributed by atoms with Crippen molar-refractivity contribution in [3.05, 3.63) is 23.5 Å². The predicted octanol–water partition coefficient (Wildman–Crippen LogP) is -0.741. The summed E-state index contributed by atoms with van der Waals surface area (Å²) < 4.78 is 51.1. The van der Waals surface area contributed by atoms with Crippen molar-refractivity contribution in [3.63, 3.8) is 0 Å². The number of aliphatic imine (C=N–C) groups is 1. The third-order valence-corrected chi connectivity index (χ3v) is 8.43. The van der Waals surface area contributed by atoms with Gasteiger partial charge in [-0.05, 0) is 26.0 Å². The lowest BCUT2D eigenvalue weighted by molar-refractivity contribution is -0.0623. The van der Waals surface area contributed by atoms with Crippen LogP contribution in [0.25, 0.3) is 0 Å². The lowest BCUT2D eigenvalue weighted by atomic mass is 9.93. The van der Waals surface area contributed by atoms with Crippen molar-refractivity contribution in [1.29, 1.82) is 10.7 Å². The van der Waals surface area contributed by atoms with Crippen molar-refractivity contribution in [2.75, 3.05) is 6.61 Å². The van der Waals surface area contributed by atoms with Gasteiger partial charge in [-0.25, -0.2) is 23.5 Å². The normalized spacial score (nSPS) is 26.9. The maximum atomic E-state index is 12.1. The second-order valence-corrected chi connectivity index (χ2v) is 12.4. The van der Waals surface area contributed by atoms with Crippen LogP contribution in [0.3, 0.4) is 0 Å². The third-order valence-electron chi connectivity index (χ3n) is 4.63. The summed E-state index contributed by atoms with van der Waals surface area (Å²) >= 11 is 0. The van der Waals surface area contributed by atoms with Gasteiger partial charge in [0.25, 0.3) is 0 Å². The molecule has 39 heavy (non-hydrogen) atoms. The highest BCUT2D eigenvalue weighted by Gasteiger charge is 2.57. The smallest absolute Gasteiger partial charge is 0.387 e. The van der Waals surface area contributed by atoms with E-state index in [-0.39, 0.29) is 23.3 Å². The Morgan fingerprint density at radius 2 is 1.90 bits per heavy atom. The first-order valence-electron chi connectivity index (χ1n) is 10.4. The fourth-order valence-corrected chi connectivity index (χ4v) is 6.22. The molecule has 20 nitrogen and oxygen atoms in total. The molecule has 0 bridgehead atoms. The molecule has 218 valence electrons. The number of carbonyl (C=O) groups is 1. The molecule has 0 saturated carbocycles. The van der Waals surface area contributed by atoms with Crippen LogP contribution in [0.2, 0.25) is 0 Å². The Labute approximate surface area is 219 Å². The minimum absolute atomic E-state index is 0.0454. The number of hydrogen-bond donors (Lipinski definition) is 10. The number of urea groups is 1. The third kappa shape index (κ3) is 8.83. The largest absolute Gasteiger partial charge is 0.490 e. The summed E-state index contributed by atoms with van der Waals surface area (Å²) in [5.41, 5.74) is -2.49. The Morgan fingerprint density at radius 1 is 1.26 bits per heavy atom. The molecule has 1 aliphatic heterocycles. The number of nitrogens with one attached hydrogen (secondary N) is 4. The first-order valence-corrected chi connectivity index (χ1v) is 14.9. The van der Waals surface area contributed by atoms with Gasteiger partial charge in [0, 0.05) is 6.04 Å². The second-order valence-electron chi connectivity index (χ2n) is 7.97. The summed E-state index contributed by atoms with van der Waals surface area (Å²) in [5.74, 6) is -0.167. The maximum absolute atomic E-state index is 12.1. The van der Waals surface area contributed by atoms with Crippen molar-refractivity contribution in [1.82, 2.24) is 15.6 Å². The number of aliphatic hydroxyl groups is 2. The summed E-state index contributed by atoms with van der Waals surface area (Å²) in [4.78, 5) is 54.4. The van der Waals surface area contributed by atoms with Gasteiger partial charge in [0.2, 0.25) is 5.60 Å². The molecule has 1 aromatic rings. The van der Waals surface area contributed by atoms with Gasteiger partial charge >= 0.3 is 29.5 Å². The van der Waals surface area contributed by atoms with E-state index < -0.39 is 60.0 Å². The number of aromatic nitrogens is 1. The Bertz CT molecular complexity index is 1290. The molecule has 1 aromatic heterocycles. The number of amidine groups is 1. The molecule has 1 fully saturated rings. The van der Waals surface area contributed by atoms with Crippen molar-refractivity contribution in [3.8, 4) is 6.07 Å². The zero-order valence-electron chi connectivity index (χ0n) is 19.9. The topological polar surface area (TPSA) is 326 Å². The van der Waals surface area contributed by atoms with Gasteiger partial charge in [-0.1, -0.05) is 0 Å². The fraction of sp³-hybridized carbons (Fsp3) is 0.500. The molecule has 6 atom stereocenters. The number of carbonyl (C=O) groups excluding carboxylic acids is 1. The molecule has 1 aliphatic rings. The van der Waals surface area contributed by atoms with E-state index in [1.54, 1.807) is 19.9 Å². The van der Waals surface area contributed by atoms with Gasteiger partial charge in [0.15, 0.2) is 5.84 Å². The Kier molecular flexibility index (Phi) is 10.5. The number of hydrogen-bond acceptors (Lipinski definition) is 12. The van der Waals surface area contributed by atoms with E-state index >= 15 is 0 Å². The van der Waals surface area contributed by atoms with Crippen LogP contribution >= 0.6 is 23.5 Å². The summed E-state index contributed by atoms with van der Waals surface area (Å²) in [6.45, 7) is 2.25. The van der Waals surface area contributed by atoms with Crippen molar-refractivity contribution >= 4 is 41.7 Å². The molecule has 23 heteroatoms. The molecule has 10 N–H and O–H groups in total. The Balaban J connectivity index is 2.22. The molecular weight excluding hydrogens is 593 g/mol. The highest BCUT2D eigenvalue weighted by molar-refractivity contribution is 7.66. The second kappa shape index (κ2) is 12.5. The predicted molar refractivity (Wildman–Crippen MR) is 127 cm³/mol. The molecule has 0 aromatic carbocycles. The van der Waals surface area contributed by atoms with Gasteiger partial charge in [-0.3, -0.25) is 15.2 Å². The number of ether oxygens (including phenoxy) is 1. The Morgan fingerprint density at radius 3 is 2.44 bits per heavy atom. The monoisotopic (exact) mass is 618 g/mol. The van der Waals surface area contributed by atoms with E-state index in [4.69, 9.17) is 19.9 Å². The van der Waals surface area contributed by atoms with Gasteiger partial charge < -0.3 is 44.8 Å².